The second kappa shape index (κ2) is 5.70. The van der Waals surface area contributed by atoms with Crippen LogP contribution in [0.1, 0.15) is 20.8 Å². The van der Waals surface area contributed by atoms with E-state index in [2.05, 4.69) is 10.3 Å². The molecule has 0 saturated heterocycles. The lowest BCUT2D eigenvalue weighted by Gasteiger charge is -2.17. The highest BCUT2D eigenvalue weighted by atomic mass is 35.5. The Morgan fingerprint density at radius 2 is 1.91 bits per heavy atom. The van der Waals surface area contributed by atoms with Crippen LogP contribution in [0.4, 0.5) is 5.69 Å². The van der Waals surface area contributed by atoms with Crippen LogP contribution >= 0.6 is 11.6 Å². The minimum Gasteiger partial charge on any atom is -0.436 e. The van der Waals surface area contributed by atoms with Crippen molar-refractivity contribution in [3.8, 4) is 11.5 Å². The van der Waals surface area contributed by atoms with Crippen molar-refractivity contribution in [2.24, 2.45) is 5.41 Å². The summed E-state index contributed by atoms with van der Waals surface area (Å²) in [4.78, 5) is 16.5. The number of oxazole rings is 1. The van der Waals surface area contributed by atoms with Crippen LogP contribution in [-0.2, 0) is 4.79 Å². The maximum absolute atomic E-state index is 12.1. The molecule has 0 radical (unpaired) electrons. The smallest absolute Gasteiger partial charge is 0.229 e. The summed E-state index contributed by atoms with van der Waals surface area (Å²) in [5.74, 6) is 0.413. The van der Waals surface area contributed by atoms with Crippen molar-refractivity contribution in [2.45, 2.75) is 20.8 Å². The van der Waals surface area contributed by atoms with Crippen molar-refractivity contribution in [1.29, 1.82) is 0 Å². The molecule has 0 bridgehead atoms. The van der Waals surface area contributed by atoms with Crippen molar-refractivity contribution in [3.63, 3.8) is 0 Å². The number of hydrogen-bond acceptors (Lipinski definition) is 3. The first-order valence-corrected chi connectivity index (χ1v) is 7.69. The fraction of sp³-hybridized carbons (Fsp3) is 0.222. The highest BCUT2D eigenvalue weighted by Gasteiger charge is 2.21. The Balaban J connectivity index is 1.96. The van der Waals surface area contributed by atoms with Gasteiger partial charge in [0.05, 0.1) is 10.6 Å². The highest BCUT2D eigenvalue weighted by molar-refractivity contribution is 6.33. The van der Waals surface area contributed by atoms with E-state index in [0.29, 0.717) is 27.7 Å². The van der Waals surface area contributed by atoms with Gasteiger partial charge in [0.25, 0.3) is 0 Å². The van der Waals surface area contributed by atoms with E-state index >= 15 is 0 Å². The summed E-state index contributed by atoms with van der Waals surface area (Å²) >= 11 is 6.18. The minimum atomic E-state index is -0.457. The maximum Gasteiger partial charge on any atom is 0.229 e. The number of nitrogens with zero attached hydrogens (tertiary/aromatic N) is 1. The molecule has 0 aliphatic carbocycles. The van der Waals surface area contributed by atoms with E-state index in [1.54, 1.807) is 24.3 Å². The molecule has 0 fully saturated rings. The topological polar surface area (TPSA) is 55.1 Å². The van der Waals surface area contributed by atoms with Crippen LogP contribution in [0.3, 0.4) is 0 Å². The summed E-state index contributed by atoms with van der Waals surface area (Å²) in [5, 5.41) is 3.47. The molecule has 0 unspecified atom stereocenters. The summed E-state index contributed by atoms with van der Waals surface area (Å²) in [6.07, 6.45) is 0. The molecule has 1 N–H and O–H groups in total. The van der Waals surface area contributed by atoms with E-state index in [1.165, 1.54) is 0 Å². The Hall–Kier alpha value is -2.33. The number of aromatic nitrogens is 1. The molecule has 2 aromatic carbocycles. The molecule has 118 valence electrons. The summed E-state index contributed by atoms with van der Waals surface area (Å²) in [7, 11) is 0. The molecule has 4 nitrogen and oxygen atoms in total. The number of amides is 1. The molecule has 0 spiro atoms. The molecular weight excluding hydrogens is 312 g/mol. The summed E-state index contributed by atoms with van der Waals surface area (Å²) < 4.78 is 5.75. The molecule has 0 saturated carbocycles. The third-order valence-corrected chi connectivity index (χ3v) is 3.76. The Labute approximate surface area is 139 Å². The number of anilines is 1. The van der Waals surface area contributed by atoms with Gasteiger partial charge in [0.15, 0.2) is 5.58 Å². The van der Waals surface area contributed by atoms with Crippen molar-refractivity contribution in [1.82, 2.24) is 4.98 Å². The van der Waals surface area contributed by atoms with Crippen LogP contribution in [0.2, 0.25) is 5.02 Å². The second-order valence-electron chi connectivity index (χ2n) is 6.39. The molecule has 5 heteroatoms. The van der Waals surface area contributed by atoms with Gasteiger partial charge in [0.2, 0.25) is 11.8 Å². The van der Waals surface area contributed by atoms with Crippen molar-refractivity contribution in [3.05, 3.63) is 47.5 Å². The van der Waals surface area contributed by atoms with E-state index in [9.17, 15) is 4.79 Å². The van der Waals surface area contributed by atoms with E-state index < -0.39 is 5.41 Å². The number of carbonyl (C=O) groups is 1. The third kappa shape index (κ3) is 3.22. The molecule has 0 aliphatic heterocycles. The lowest BCUT2D eigenvalue weighted by Crippen LogP contribution is -2.27. The fourth-order valence-electron chi connectivity index (χ4n) is 2.07. The van der Waals surface area contributed by atoms with Gasteiger partial charge in [-0.1, -0.05) is 44.5 Å². The normalized spacial score (nSPS) is 11.7. The van der Waals surface area contributed by atoms with Gasteiger partial charge in [-0.2, -0.15) is 0 Å². The van der Waals surface area contributed by atoms with Gasteiger partial charge in [-0.25, -0.2) is 4.98 Å². The summed E-state index contributed by atoms with van der Waals surface area (Å²) in [6, 6.07) is 12.8. The number of benzene rings is 2. The van der Waals surface area contributed by atoms with Crippen molar-refractivity contribution < 1.29 is 9.21 Å². The summed E-state index contributed by atoms with van der Waals surface area (Å²) in [5.41, 5.74) is 2.30. The first kappa shape index (κ1) is 15.6. The van der Waals surface area contributed by atoms with Crippen LogP contribution < -0.4 is 5.32 Å². The fourth-order valence-corrected chi connectivity index (χ4v) is 2.29. The largest absolute Gasteiger partial charge is 0.436 e. The van der Waals surface area contributed by atoms with Gasteiger partial charge in [-0.15, -0.1) is 0 Å². The predicted octanol–water partition coefficient (Wildman–Crippen LogP) is 5.13. The molecule has 1 aromatic heterocycles. The number of hydrogen-bond donors (Lipinski definition) is 1. The average Bonchev–Trinajstić information content (AvgIpc) is 2.89. The molecule has 3 rings (SSSR count). The number of halogens is 1. The van der Waals surface area contributed by atoms with Crippen LogP contribution in [0.15, 0.2) is 46.9 Å². The highest BCUT2D eigenvalue weighted by Crippen LogP contribution is 2.30. The number of rotatable bonds is 2. The lowest BCUT2D eigenvalue weighted by atomic mass is 9.95. The Kier molecular flexibility index (Phi) is 3.86. The first-order chi connectivity index (χ1) is 10.8. The predicted molar refractivity (Wildman–Crippen MR) is 92.5 cm³/mol. The molecule has 3 aromatic rings. The van der Waals surface area contributed by atoms with Crippen LogP contribution in [0.5, 0.6) is 0 Å². The van der Waals surface area contributed by atoms with E-state index in [4.69, 9.17) is 16.0 Å². The zero-order chi connectivity index (χ0) is 16.6. The molecule has 1 heterocycles. The zero-order valence-electron chi connectivity index (χ0n) is 13.2. The minimum absolute atomic E-state index is 0.0494. The van der Waals surface area contributed by atoms with Gasteiger partial charge < -0.3 is 9.73 Å². The molecular formula is C18H17ClN2O2. The number of nitrogens with one attached hydrogen (secondary N) is 1. The maximum atomic E-state index is 12.1. The zero-order valence-corrected chi connectivity index (χ0v) is 13.9. The molecule has 23 heavy (non-hydrogen) atoms. The molecule has 1 amide bonds. The monoisotopic (exact) mass is 328 g/mol. The van der Waals surface area contributed by atoms with Gasteiger partial charge in [0, 0.05) is 11.1 Å². The van der Waals surface area contributed by atoms with Crippen molar-refractivity contribution in [2.75, 3.05) is 5.32 Å². The van der Waals surface area contributed by atoms with E-state index in [0.717, 1.165) is 5.56 Å². The number of carbonyl (C=O) groups excluding carboxylic acids is 1. The van der Waals surface area contributed by atoms with Crippen LogP contribution in [0.25, 0.3) is 22.6 Å². The van der Waals surface area contributed by atoms with E-state index in [-0.39, 0.29) is 5.91 Å². The molecule has 0 aliphatic rings. The SMILES string of the molecule is CC(C)(C)C(=O)Nc1ccc2oc(-c3ccccc3Cl)nc2c1. The quantitative estimate of drug-likeness (QED) is 0.709. The Bertz CT molecular complexity index is 878. The average molecular weight is 329 g/mol. The second-order valence-corrected chi connectivity index (χ2v) is 6.79. The van der Waals surface area contributed by atoms with Gasteiger partial charge >= 0.3 is 0 Å². The summed E-state index contributed by atoms with van der Waals surface area (Å²) in [6.45, 7) is 5.60. The third-order valence-electron chi connectivity index (χ3n) is 3.43. The van der Waals surface area contributed by atoms with Gasteiger partial charge in [-0.05, 0) is 30.3 Å². The Morgan fingerprint density at radius 3 is 2.61 bits per heavy atom. The Morgan fingerprint density at radius 1 is 1.17 bits per heavy atom. The van der Waals surface area contributed by atoms with Crippen LogP contribution in [-0.4, -0.2) is 10.9 Å². The van der Waals surface area contributed by atoms with Crippen LogP contribution in [0, 0.1) is 5.41 Å². The van der Waals surface area contributed by atoms with E-state index in [1.807, 2.05) is 39.0 Å². The van der Waals surface area contributed by atoms with Gasteiger partial charge in [-0.3, -0.25) is 4.79 Å². The standard InChI is InChI=1S/C18H17ClN2O2/c1-18(2,3)17(22)20-11-8-9-15-14(10-11)21-16(23-15)12-6-4-5-7-13(12)19/h4-10H,1-3H3,(H,20,22). The number of fused-ring (bicyclic) bond motifs is 1. The molecule has 0 atom stereocenters. The lowest BCUT2D eigenvalue weighted by molar-refractivity contribution is -0.123. The first-order valence-electron chi connectivity index (χ1n) is 7.31. The van der Waals surface area contributed by atoms with Crippen molar-refractivity contribution >= 4 is 34.3 Å². The van der Waals surface area contributed by atoms with Gasteiger partial charge in [0.1, 0.15) is 5.52 Å².